The zero-order chi connectivity index (χ0) is 17.2. The van der Waals surface area contributed by atoms with Gasteiger partial charge in [-0.2, -0.15) is 5.10 Å². The van der Waals surface area contributed by atoms with Gasteiger partial charge in [0.15, 0.2) is 0 Å². The Kier molecular flexibility index (Phi) is 4.51. The largest absolute Gasteiger partial charge is 0.481 e. The molecule has 0 amide bonds. The van der Waals surface area contributed by atoms with Gasteiger partial charge in [0.25, 0.3) is 0 Å². The van der Waals surface area contributed by atoms with Crippen molar-refractivity contribution in [2.75, 3.05) is 13.7 Å². The Morgan fingerprint density at radius 1 is 1.33 bits per heavy atom. The molecule has 2 aromatic heterocycles. The van der Waals surface area contributed by atoms with Crippen molar-refractivity contribution in [1.29, 1.82) is 0 Å². The number of nitrogens with one attached hydrogen (secondary N) is 1. The molecule has 0 aliphatic heterocycles. The summed E-state index contributed by atoms with van der Waals surface area (Å²) in [5.74, 6) is 0.599. The number of hydrogen-bond donors (Lipinski definition) is 2. The number of ether oxygens (including phenoxy) is 1. The van der Waals surface area contributed by atoms with Crippen LogP contribution in [-0.4, -0.2) is 33.5 Å². The number of para-hydroxylation sites is 1. The van der Waals surface area contributed by atoms with Gasteiger partial charge in [-0.15, -0.1) is 0 Å². The highest BCUT2D eigenvalue weighted by Gasteiger charge is 2.24. The molecule has 2 heterocycles. The van der Waals surface area contributed by atoms with E-state index in [2.05, 4.69) is 21.5 Å². The number of hydrogen-bond acceptors (Lipinski definition) is 5. The van der Waals surface area contributed by atoms with Crippen LogP contribution in [0.2, 0.25) is 0 Å². The average molecular weight is 326 g/mol. The summed E-state index contributed by atoms with van der Waals surface area (Å²) in [5, 5.41) is 19.1. The van der Waals surface area contributed by atoms with Crippen molar-refractivity contribution < 1.29 is 9.84 Å². The van der Waals surface area contributed by atoms with Gasteiger partial charge in [0.2, 0.25) is 5.88 Å². The van der Waals surface area contributed by atoms with Crippen molar-refractivity contribution in [2.45, 2.75) is 19.1 Å². The molecular formula is C18H22N4O2. The molecule has 2 N–H and O–H groups in total. The SMILES string of the molecule is COc1nc2ccccc2cc1CNCC(C)(O)c1cnn(C)c1. The van der Waals surface area contributed by atoms with Gasteiger partial charge >= 0.3 is 0 Å². The molecule has 24 heavy (non-hydrogen) atoms. The molecule has 1 unspecified atom stereocenters. The van der Waals surface area contributed by atoms with E-state index in [1.54, 1.807) is 24.9 Å². The molecule has 0 aliphatic rings. The van der Waals surface area contributed by atoms with Crippen LogP contribution in [0.5, 0.6) is 5.88 Å². The van der Waals surface area contributed by atoms with E-state index in [9.17, 15) is 5.11 Å². The summed E-state index contributed by atoms with van der Waals surface area (Å²) in [4.78, 5) is 4.53. The van der Waals surface area contributed by atoms with E-state index >= 15 is 0 Å². The standard InChI is InChI=1S/C18H22N4O2/c1-18(23,15-10-20-22(2)11-15)12-19-9-14-8-13-6-4-5-7-16(13)21-17(14)24-3/h4-8,10-11,19,23H,9,12H2,1-3H3. The normalized spacial score (nSPS) is 13.8. The predicted molar refractivity (Wildman–Crippen MR) is 92.8 cm³/mol. The number of methoxy groups -OCH3 is 1. The van der Waals surface area contributed by atoms with E-state index in [0.29, 0.717) is 19.0 Å². The van der Waals surface area contributed by atoms with E-state index in [1.165, 1.54) is 0 Å². The molecule has 0 saturated heterocycles. The monoisotopic (exact) mass is 326 g/mol. The number of rotatable bonds is 6. The maximum atomic E-state index is 10.6. The van der Waals surface area contributed by atoms with Crippen LogP contribution in [0.3, 0.4) is 0 Å². The number of aromatic nitrogens is 3. The second-order valence-corrected chi connectivity index (χ2v) is 6.13. The highest BCUT2D eigenvalue weighted by Crippen LogP contribution is 2.23. The van der Waals surface area contributed by atoms with Gasteiger partial charge < -0.3 is 15.2 Å². The van der Waals surface area contributed by atoms with Crippen LogP contribution < -0.4 is 10.1 Å². The van der Waals surface area contributed by atoms with Crippen LogP contribution in [0, 0.1) is 0 Å². The summed E-state index contributed by atoms with van der Waals surface area (Å²) < 4.78 is 7.08. The molecule has 126 valence electrons. The molecule has 0 spiro atoms. The van der Waals surface area contributed by atoms with Crippen LogP contribution in [0.1, 0.15) is 18.1 Å². The maximum Gasteiger partial charge on any atom is 0.218 e. The van der Waals surface area contributed by atoms with Crippen molar-refractivity contribution in [3.05, 3.63) is 53.9 Å². The van der Waals surface area contributed by atoms with Crippen LogP contribution >= 0.6 is 0 Å². The minimum absolute atomic E-state index is 0.397. The number of aryl methyl sites for hydroxylation is 1. The summed E-state index contributed by atoms with van der Waals surface area (Å²) in [6, 6.07) is 9.99. The zero-order valence-electron chi connectivity index (χ0n) is 14.2. The van der Waals surface area contributed by atoms with E-state index in [4.69, 9.17) is 4.74 Å². The highest BCUT2D eigenvalue weighted by atomic mass is 16.5. The van der Waals surface area contributed by atoms with Gasteiger partial charge in [-0.3, -0.25) is 4.68 Å². The molecule has 1 atom stereocenters. The molecular weight excluding hydrogens is 304 g/mol. The van der Waals surface area contributed by atoms with Crippen molar-refractivity contribution in [2.24, 2.45) is 7.05 Å². The van der Waals surface area contributed by atoms with Gasteiger partial charge in [0.05, 0.1) is 18.8 Å². The molecule has 0 saturated carbocycles. The molecule has 6 nitrogen and oxygen atoms in total. The topological polar surface area (TPSA) is 72.2 Å². The van der Waals surface area contributed by atoms with E-state index in [-0.39, 0.29) is 0 Å². The predicted octanol–water partition coefficient (Wildman–Crippen LogP) is 1.97. The first kappa shape index (κ1) is 16.4. The van der Waals surface area contributed by atoms with Gasteiger partial charge in [0, 0.05) is 42.8 Å². The molecule has 1 aromatic carbocycles. The number of nitrogens with zero attached hydrogens (tertiary/aromatic N) is 3. The molecule has 0 bridgehead atoms. The zero-order valence-corrected chi connectivity index (χ0v) is 14.2. The minimum Gasteiger partial charge on any atom is -0.481 e. The van der Waals surface area contributed by atoms with E-state index in [1.807, 2.05) is 37.5 Å². The lowest BCUT2D eigenvalue weighted by Gasteiger charge is -2.22. The third kappa shape index (κ3) is 3.39. The molecule has 3 aromatic rings. The Balaban J connectivity index is 1.73. The lowest BCUT2D eigenvalue weighted by Crippen LogP contribution is -2.35. The summed E-state index contributed by atoms with van der Waals surface area (Å²) in [6.45, 7) is 2.72. The number of fused-ring (bicyclic) bond motifs is 1. The van der Waals surface area contributed by atoms with Gasteiger partial charge in [-0.1, -0.05) is 18.2 Å². The second-order valence-electron chi connectivity index (χ2n) is 6.13. The molecule has 0 radical (unpaired) electrons. The third-order valence-corrected chi connectivity index (χ3v) is 4.07. The first-order valence-electron chi connectivity index (χ1n) is 7.84. The van der Waals surface area contributed by atoms with Crippen molar-refractivity contribution in [1.82, 2.24) is 20.1 Å². The Labute approximate surface area is 141 Å². The maximum absolute atomic E-state index is 10.6. The van der Waals surface area contributed by atoms with Crippen molar-refractivity contribution in [3.63, 3.8) is 0 Å². The Morgan fingerprint density at radius 2 is 2.12 bits per heavy atom. The molecule has 6 heteroatoms. The molecule has 0 aliphatic carbocycles. The van der Waals surface area contributed by atoms with Crippen LogP contribution in [0.25, 0.3) is 10.9 Å². The van der Waals surface area contributed by atoms with Gasteiger partial charge in [-0.05, 0) is 19.1 Å². The first-order chi connectivity index (χ1) is 11.5. The number of pyridine rings is 1. The summed E-state index contributed by atoms with van der Waals surface area (Å²) in [6.07, 6.45) is 3.50. The van der Waals surface area contributed by atoms with Crippen LogP contribution in [0.15, 0.2) is 42.7 Å². The number of benzene rings is 1. The van der Waals surface area contributed by atoms with E-state index in [0.717, 1.165) is 22.0 Å². The minimum atomic E-state index is -0.994. The fourth-order valence-corrected chi connectivity index (χ4v) is 2.69. The fourth-order valence-electron chi connectivity index (χ4n) is 2.69. The fraction of sp³-hybridized carbons (Fsp3) is 0.333. The molecule has 0 fully saturated rings. The smallest absolute Gasteiger partial charge is 0.218 e. The summed E-state index contributed by atoms with van der Waals surface area (Å²) in [5.41, 5.74) is 1.64. The quantitative estimate of drug-likeness (QED) is 0.725. The van der Waals surface area contributed by atoms with Crippen molar-refractivity contribution in [3.8, 4) is 5.88 Å². The first-order valence-corrected chi connectivity index (χ1v) is 7.84. The lowest BCUT2D eigenvalue weighted by atomic mass is 9.99. The van der Waals surface area contributed by atoms with E-state index < -0.39 is 5.60 Å². The van der Waals surface area contributed by atoms with Crippen molar-refractivity contribution >= 4 is 10.9 Å². The highest BCUT2D eigenvalue weighted by molar-refractivity contribution is 5.80. The number of aliphatic hydroxyl groups is 1. The third-order valence-electron chi connectivity index (χ3n) is 4.07. The lowest BCUT2D eigenvalue weighted by molar-refractivity contribution is 0.0565. The van der Waals surface area contributed by atoms with Gasteiger partial charge in [-0.25, -0.2) is 4.98 Å². The summed E-state index contributed by atoms with van der Waals surface area (Å²) in [7, 11) is 3.45. The average Bonchev–Trinajstić information content (AvgIpc) is 3.01. The Hall–Kier alpha value is -2.44. The molecule has 3 rings (SSSR count). The summed E-state index contributed by atoms with van der Waals surface area (Å²) >= 11 is 0. The van der Waals surface area contributed by atoms with Gasteiger partial charge in [0.1, 0.15) is 5.60 Å². The Morgan fingerprint density at radius 3 is 2.83 bits per heavy atom. The Bertz CT molecular complexity index is 842. The second kappa shape index (κ2) is 6.59. The van der Waals surface area contributed by atoms with Crippen LogP contribution in [0.4, 0.5) is 0 Å². The van der Waals surface area contributed by atoms with Crippen LogP contribution in [-0.2, 0) is 19.2 Å².